The first-order valence-corrected chi connectivity index (χ1v) is 16.4. The Hall–Kier alpha value is -3.08. The van der Waals surface area contributed by atoms with Gasteiger partial charge in [-0.25, -0.2) is 13.6 Å². The number of carbonyl (C=O) groups excluding carboxylic acids is 1. The largest absolute Gasteiger partial charge is 0.361 e. The lowest BCUT2D eigenvalue weighted by molar-refractivity contribution is -0.00256. The first-order valence-electron chi connectivity index (χ1n) is 15.5. The summed E-state index contributed by atoms with van der Waals surface area (Å²) in [5, 5.41) is 7.55. The van der Waals surface area contributed by atoms with Crippen LogP contribution in [0.3, 0.4) is 0 Å². The van der Waals surface area contributed by atoms with Crippen molar-refractivity contribution in [2.75, 3.05) is 26.2 Å². The van der Waals surface area contributed by atoms with Crippen LogP contribution in [-0.4, -0.2) is 69.5 Å². The molecule has 7 nitrogen and oxygen atoms in total. The standard InChI is InChI=1S/C33H41F2N5O2S/c1-22(2)37-26-7-11-40(30(16-26)27-15-25(34)5-6-28(27)35)32(42)38-12-13-39(33(21-38)9-3-4-10-33)19-24-18-36-29(17-31(24)41)23-8-14-43-20-23/h5-6,8,14-15,17-18,20,22,26,30,37H,3-4,7,9-13,16,19,21H2,1-2H3,(H,36,41)/t26-,30+/m1/s1. The smallest absolute Gasteiger partial charge is 0.320 e. The van der Waals surface area contributed by atoms with Gasteiger partial charge in [0.05, 0.1) is 11.7 Å². The number of thiophene rings is 1. The molecule has 2 amide bonds. The van der Waals surface area contributed by atoms with E-state index in [1.54, 1.807) is 22.3 Å². The molecule has 43 heavy (non-hydrogen) atoms. The van der Waals surface area contributed by atoms with Crippen LogP contribution in [0.1, 0.15) is 69.5 Å². The van der Waals surface area contributed by atoms with Gasteiger partial charge < -0.3 is 20.1 Å². The highest BCUT2D eigenvalue weighted by Crippen LogP contribution is 2.40. The van der Waals surface area contributed by atoms with Gasteiger partial charge in [0, 0.05) is 84.7 Å². The van der Waals surface area contributed by atoms with E-state index in [-0.39, 0.29) is 34.6 Å². The van der Waals surface area contributed by atoms with Crippen molar-refractivity contribution in [1.29, 1.82) is 0 Å². The summed E-state index contributed by atoms with van der Waals surface area (Å²) in [5.74, 6) is -0.985. The molecule has 2 saturated heterocycles. The molecule has 1 spiro atoms. The number of nitrogens with zero attached hydrogens (tertiary/aromatic N) is 3. The van der Waals surface area contributed by atoms with Gasteiger partial charge >= 0.3 is 6.03 Å². The monoisotopic (exact) mass is 609 g/mol. The van der Waals surface area contributed by atoms with Crippen LogP contribution < -0.4 is 10.7 Å². The number of piperazine rings is 1. The van der Waals surface area contributed by atoms with E-state index < -0.39 is 17.7 Å². The number of likely N-dealkylation sites (tertiary alicyclic amines) is 1. The van der Waals surface area contributed by atoms with E-state index in [1.165, 1.54) is 6.07 Å². The Morgan fingerprint density at radius 2 is 1.95 bits per heavy atom. The van der Waals surface area contributed by atoms with Crippen molar-refractivity contribution >= 4 is 17.4 Å². The number of urea groups is 1. The molecule has 230 valence electrons. The molecule has 0 unspecified atom stereocenters. The van der Waals surface area contributed by atoms with Crippen LogP contribution in [0.15, 0.2) is 52.1 Å². The second-order valence-corrected chi connectivity index (χ2v) is 13.5. The number of aromatic nitrogens is 1. The van der Waals surface area contributed by atoms with Gasteiger partial charge in [-0.1, -0.05) is 26.7 Å². The maximum absolute atomic E-state index is 15.1. The number of carbonyl (C=O) groups is 1. The molecule has 2 N–H and O–H groups in total. The summed E-state index contributed by atoms with van der Waals surface area (Å²) < 4.78 is 29.4. The molecule has 3 aromatic rings. The molecule has 2 aliphatic heterocycles. The fourth-order valence-electron chi connectivity index (χ4n) is 7.41. The van der Waals surface area contributed by atoms with Gasteiger partial charge in [0.1, 0.15) is 11.6 Å². The minimum atomic E-state index is -0.550. The molecule has 2 aromatic heterocycles. The molecule has 1 saturated carbocycles. The highest BCUT2D eigenvalue weighted by atomic mass is 32.1. The Morgan fingerprint density at radius 1 is 1.14 bits per heavy atom. The van der Waals surface area contributed by atoms with Crippen LogP contribution in [0.5, 0.6) is 0 Å². The molecule has 3 aliphatic rings. The van der Waals surface area contributed by atoms with E-state index in [0.717, 1.165) is 61.1 Å². The van der Waals surface area contributed by atoms with Gasteiger partial charge in [0.2, 0.25) is 0 Å². The summed E-state index contributed by atoms with van der Waals surface area (Å²) in [6.07, 6.45) is 7.20. The molecule has 3 fully saturated rings. The van der Waals surface area contributed by atoms with Gasteiger partial charge in [-0.2, -0.15) is 11.3 Å². The number of hydrogen-bond donors (Lipinski definition) is 2. The third kappa shape index (κ3) is 6.28. The summed E-state index contributed by atoms with van der Waals surface area (Å²) in [7, 11) is 0. The Kier molecular flexibility index (Phi) is 8.71. The number of halogens is 2. The lowest BCUT2D eigenvalue weighted by atomic mass is 9.89. The highest BCUT2D eigenvalue weighted by Gasteiger charge is 2.46. The number of pyridine rings is 1. The predicted molar refractivity (Wildman–Crippen MR) is 166 cm³/mol. The Labute approximate surface area is 255 Å². The van der Waals surface area contributed by atoms with Gasteiger partial charge in [-0.15, -0.1) is 0 Å². The molecule has 2 atom stereocenters. The molecule has 10 heteroatoms. The second-order valence-electron chi connectivity index (χ2n) is 12.7. The van der Waals surface area contributed by atoms with E-state index in [2.05, 4.69) is 29.0 Å². The number of nitrogens with one attached hydrogen (secondary N) is 2. The van der Waals surface area contributed by atoms with Gasteiger partial charge in [-0.3, -0.25) is 9.69 Å². The van der Waals surface area contributed by atoms with E-state index in [4.69, 9.17) is 0 Å². The molecular weight excluding hydrogens is 568 g/mol. The summed E-state index contributed by atoms with van der Waals surface area (Å²) in [6.45, 7) is 6.89. The molecule has 4 heterocycles. The zero-order valence-corrected chi connectivity index (χ0v) is 25.8. The van der Waals surface area contributed by atoms with Crippen LogP contribution >= 0.6 is 11.3 Å². The number of benzene rings is 1. The van der Waals surface area contributed by atoms with Crippen molar-refractivity contribution in [3.63, 3.8) is 0 Å². The van der Waals surface area contributed by atoms with Crippen LogP contribution in [0.2, 0.25) is 0 Å². The van der Waals surface area contributed by atoms with E-state index in [9.17, 15) is 14.0 Å². The van der Waals surface area contributed by atoms with Gasteiger partial charge in [0.15, 0.2) is 5.43 Å². The van der Waals surface area contributed by atoms with Crippen LogP contribution in [0, 0.1) is 11.6 Å². The van der Waals surface area contributed by atoms with Crippen LogP contribution in [-0.2, 0) is 6.54 Å². The van der Waals surface area contributed by atoms with Crippen molar-refractivity contribution in [3.05, 3.63) is 80.3 Å². The third-order valence-electron chi connectivity index (χ3n) is 9.52. The van der Waals surface area contributed by atoms with Crippen molar-refractivity contribution in [2.24, 2.45) is 0 Å². The number of amides is 2. The second kappa shape index (κ2) is 12.5. The van der Waals surface area contributed by atoms with E-state index in [0.29, 0.717) is 39.1 Å². The average Bonchev–Trinajstić information content (AvgIpc) is 3.69. The van der Waals surface area contributed by atoms with Crippen molar-refractivity contribution in [1.82, 2.24) is 25.0 Å². The SMILES string of the molecule is CC(C)N[C@@H]1CCN(C(=O)N2CCN(Cc3c[nH]c(-c4ccsc4)cc3=O)C3(CCCC3)C2)[C@H](c2cc(F)ccc2F)C1. The van der Waals surface area contributed by atoms with Crippen LogP contribution in [0.4, 0.5) is 13.6 Å². The Bertz CT molecular complexity index is 1490. The van der Waals surface area contributed by atoms with Crippen molar-refractivity contribution in [3.8, 4) is 11.3 Å². The third-order valence-corrected chi connectivity index (χ3v) is 10.2. The highest BCUT2D eigenvalue weighted by molar-refractivity contribution is 7.08. The van der Waals surface area contributed by atoms with Crippen molar-refractivity contribution < 1.29 is 13.6 Å². The lowest BCUT2D eigenvalue weighted by Gasteiger charge is -2.51. The predicted octanol–water partition coefficient (Wildman–Crippen LogP) is 6.14. The van der Waals surface area contributed by atoms with Gasteiger partial charge in [0.25, 0.3) is 0 Å². The minimum absolute atomic E-state index is 0.0180. The first-order chi connectivity index (χ1) is 20.7. The van der Waals surface area contributed by atoms with E-state index in [1.807, 2.05) is 27.9 Å². The summed E-state index contributed by atoms with van der Waals surface area (Å²) in [6, 6.07) is 6.91. The maximum Gasteiger partial charge on any atom is 0.320 e. The summed E-state index contributed by atoms with van der Waals surface area (Å²) in [4.78, 5) is 36.7. The number of piperidine rings is 1. The molecule has 1 aliphatic carbocycles. The molecule has 1 aromatic carbocycles. The first kappa shape index (κ1) is 30.0. The van der Waals surface area contributed by atoms with Crippen molar-refractivity contribution in [2.45, 2.75) is 82.6 Å². The topological polar surface area (TPSA) is 71.7 Å². The molecular formula is C33H41F2N5O2S. The maximum atomic E-state index is 15.1. The lowest BCUT2D eigenvalue weighted by Crippen LogP contribution is -2.64. The number of rotatable bonds is 6. The normalized spacial score (nSPS) is 22.5. The summed E-state index contributed by atoms with van der Waals surface area (Å²) >= 11 is 1.60. The molecule has 0 bridgehead atoms. The zero-order valence-electron chi connectivity index (χ0n) is 25.0. The van der Waals surface area contributed by atoms with Gasteiger partial charge in [-0.05, 0) is 55.3 Å². The minimum Gasteiger partial charge on any atom is -0.361 e. The summed E-state index contributed by atoms with van der Waals surface area (Å²) in [5.41, 5.74) is 2.61. The molecule has 0 radical (unpaired) electrons. The number of hydrogen-bond acceptors (Lipinski definition) is 5. The Morgan fingerprint density at radius 3 is 2.67 bits per heavy atom. The number of aromatic amines is 1. The zero-order chi connectivity index (χ0) is 30.1. The molecule has 6 rings (SSSR count). The van der Waals surface area contributed by atoms with E-state index >= 15 is 4.39 Å². The van der Waals surface area contributed by atoms with Crippen LogP contribution in [0.25, 0.3) is 11.3 Å². The average molecular weight is 610 g/mol. The fraction of sp³-hybridized carbons (Fsp3) is 0.515. The Balaban J connectivity index is 1.21. The fourth-order valence-corrected chi connectivity index (χ4v) is 8.06. The quantitative estimate of drug-likeness (QED) is 0.353. The number of H-pyrrole nitrogens is 1.